The number of carbonyl (C=O) groups is 3. The van der Waals surface area contributed by atoms with Gasteiger partial charge in [0, 0.05) is 36.8 Å². The van der Waals surface area contributed by atoms with Crippen molar-refractivity contribution in [2.24, 2.45) is 0 Å². The van der Waals surface area contributed by atoms with Gasteiger partial charge in [0.15, 0.2) is 5.76 Å². The van der Waals surface area contributed by atoms with Crippen LogP contribution in [0.25, 0.3) is 0 Å². The molecule has 1 atom stereocenters. The molecule has 1 fully saturated rings. The van der Waals surface area contributed by atoms with Gasteiger partial charge in [-0.2, -0.15) is 0 Å². The topological polar surface area (TPSA) is 126 Å². The molecule has 2 heterocycles. The van der Waals surface area contributed by atoms with Crippen molar-refractivity contribution in [1.82, 2.24) is 15.1 Å². The van der Waals surface area contributed by atoms with Gasteiger partial charge < -0.3 is 24.3 Å². The van der Waals surface area contributed by atoms with Gasteiger partial charge in [0.25, 0.3) is 17.7 Å². The first-order valence-electron chi connectivity index (χ1n) is 11.3. The van der Waals surface area contributed by atoms with Gasteiger partial charge in [0.05, 0.1) is 18.3 Å². The molecule has 0 saturated carbocycles. The van der Waals surface area contributed by atoms with Crippen molar-refractivity contribution in [3.05, 3.63) is 83.3 Å². The van der Waals surface area contributed by atoms with E-state index in [9.17, 15) is 22.8 Å². The highest BCUT2D eigenvalue weighted by atomic mass is 35.5. The maximum Gasteiger partial charge on any atom is 0.288 e. The van der Waals surface area contributed by atoms with E-state index in [-0.39, 0.29) is 42.7 Å². The average Bonchev–Trinajstić information content (AvgIpc) is 3.46. The summed E-state index contributed by atoms with van der Waals surface area (Å²) in [4.78, 5) is 41.8. The van der Waals surface area contributed by atoms with Crippen molar-refractivity contribution in [3.63, 3.8) is 0 Å². The number of piperazine rings is 1. The quantitative estimate of drug-likeness (QED) is 0.483. The maximum absolute atomic E-state index is 13.5. The second-order valence-electron chi connectivity index (χ2n) is 8.18. The largest absolute Gasteiger partial charge is 0.497 e. The average molecular weight is 546 g/mol. The monoisotopic (exact) mass is 545 g/mol. The van der Waals surface area contributed by atoms with E-state index in [1.807, 2.05) is 0 Å². The number of ether oxygens (including phenoxy) is 1. The lowest BCUT2D eigenvalue weighted by molar-refractivity contribution is -0.132. The standard InChI is InChI=1S/C25H24ClN3O7S/c1-35-19-5-2-4-17(16-19)24(31)28-11-13-29(14-12-28)25(32)23(27-22(30)21-6-3-15-36-21)37(33,34)20-9-7-18(26)8-10-20/h2-10,15-16,23H,11-14H2,1H3,(H,27,30)/t23-/m0/s1. The Morgan fingerprint density at radius 3 is 2.27 bits per heavy atom. The van der Waals surface area contributed by atoms with Crippen molar-refractivity contribution < 1.29 is 32.0 Å². The van der Waals surface area contributed by atoms with Crippen molar-refractivity contribution in [1.29, 1.82) is 0 Å². The molecule has 0 spiro atoms. The predicted molar refractivity (Wildman–Crippen MR) is 134 cm³/mol. The molecule has 3 amide bonds. The number of hydrogen-bond donors (Lipinski definition) is 1. The van der Waals surface area contributed by atoms with E-state index in [4.69, 9.17) is 20.8 Å². The van der Waals surface area contributed by atoms with Crippen LogP contribution < -0.4 is 10.1 Å². The van der Waals surface area contributed by atoms with Gasteiger partial charge in [-0.25, -0.2) is 8.42 Å². The highest BCUT2D eigenvalue weighted by Gasteiger charge is 2.40. The van der Waals surface area contributed by atoms with Crippen LogP contribution in [0, 0.1) is 0 Å². The fourth-order valence-corrected chi connectivity index (χ4v) is 5.46. The van der Waals surface area contributed by atoms with Crippen molar-refractivity contribution >= 4 is 39.2 Å². The number of carbonyl (C=O) groups excluding carboxylic acids is 3. The van der Waals surface area contributed by atoms with Gasteiger partial charge in [0.2, 0.25) is 15.2 Å². The van der Waals surface area contributed by atoms with Crippen molar-refractivity contribution in [2.75, 3.05) is 33.3 Å². The zero-order valence-corrected chi connectivity index (χ0v) is 21.4. The Morgan fingerprint density at radius 2 is 1.65 bits per heavy atom. The minimum absolute atomic E-state index is 0.0812. The molecule has 1 N–H and O–H groups in total. The van der Waals surface area contributed by atoms with Crippen LogP contribution in [0.15, 0.2) is 76.2 Å². The Labute approximate surface area is 218 Å². The van der Waals surface area contributed by atoms with E-state index in [0.29, 0.717) is 16.3 Å². The number of sulfone groups is 1. The molecule has 2 aromatic carbocycles. The summed E-state index contributed by atoms with van der Waals surface area (Å²) >= 11 is 5.89. The number of furan rings is 1. The summed E-state index contributed by atoms with van der Waals surface area (Å²) < 4.78 is 37.1. The van der Waals surface area contributed by atoms with Crippen LogP contribution in [0.5, 0.6) is 5.75 Å². The Kier molecular flexibility index (Phi) is 7.84. The van der Waals surface area contributed by atoms with Crippen LogP contribution in [0.2, 0.25) is 5.02 Å². The van der Waals surface area contributed by atoms with E-state index < -0.39 is 27.0 Å². The lowest BCUT2D eigenvalue weighted by Gasteiger charge is -2.36. The van der Waals surface area contributed by atoms with Crippen LogP contribution >= 0.6 is 11.6 Å². The number of nitrogens with zero attached hydrogens (tertiary/aromatic N) is 2. The number of nitrogens with one attached hydrogen (secondary N) is 1. The summed E-state index contributed by atoms with van der Waals surface area (Å²) in [5.41, 5.74) is 0.438. The molecule has 10 nitrogen and oxygen atoms in total. The molecule has 194 valence electrons. The predicted octanol–water partition coefficient (Wildman–Crippen LogP) is 2.46. The van der Waals surface area contributed by atoms with E-state index in [0.717, 1.165) is 0 Å². The second kappa shape index (κ2) is 11.1. The summed E-state index contributed by atoms with van der Waals surface area (Å²) in [6.45, 7) is 0.527. The number of amides is 3. The van der Waals surface area contributed by atoms with Crippen molar-refractivity contribution in [2.45, 2.75) is 10.3 Å². The third-order valence-corrected chi connectivity index (χ3v) is 8.00. The maximum atomic E-state index is 13.5. The SMILES string of the molecule is COc1cccc(C(=O)N2CCN(C(=O)[C@@H](NC(=O)c3ccco3)S(=O)(=O)c3ccc(Cl)cc3)CC2)c1. The highest BCUT2D eigenvalue weighted by Crippen LogP contribution is 2.21. The van der Waals surface area contributed by atoms with Crippen LogP contribution in [0.1, 0.15) is 20.9 Å². The summed E-state index contributed by atoms with van der Waals surface area (Å²) in [5.74, 6) is -1.50. The molecule has 1 aliphatic rings. The second-order valence-corrected chi connectivity index (χ2v) is 10.6. The third kappa shape index (κ3) is 5.78. The first-order valence-corrected chi connectivity index (χ1v) is 13.2. The van der Waals surface area contributed by atoms with Gasteiger partial charge in [-0.1, -0.05) is 17.7 Å². The fraction of sp³-hybridized carbons (Fsp3) is 0.240. The first-order chi connectivity index (χ1) is 17.7. The van der Waals surface area contributed by atoms with Crippen LogP contribution in [0.3, 0.4) is 0 Å². The van der Waals surface area contributed by atoms with Crippen LogP contribution in [0.4, 0.5) is 0 Å². The summed E-state index contributed by atoms with van der Waals surface area (Å²) in [7, 11) is -2.84. The molecule has 4 rings (SSSR count). The van der Waals surface area contributed by atoms with Gasteiger partial charge >= 0.3 is 0 Å². The highest BCUT2D eigenvalue weighted by molar-refractivity contribution is 7.92. The van der Waals surface area contributed by atoms with E-state index in [1.165, 1.54) is 54.7 Å². The lowest BCUT2D eigenvalue weighted by atomic mass is 10.1. The van der Waals surface area contributed by atoms with Gasteiger partial charge in [-0.15, -0.1) is 0 Å². The fourth-order valence-electron chi connectivity index (χ4n) is 3.86. The van der Waals surface area contributed by atoms with Crippen LogP contribution in [-0.4, -0.2) is 74.6 Å². The Bertz CT molecular complexity index is 1380. The lowest BCUT2D eigenvalue weighted by Crippen LogP contribution is -2.57. The minimum atomic E-state index is -4.35. The van der Waals surface area contributed by atoms with E-state index >= 15 is 0 Å². The zero-order valence-electron chi connectivity index (χ0n) is 19.8. The zero-order chi connectivity index (χ0) is 26.6. The molecule has 0 radical (unpaired) electrons. The smallest absolute Gasteiger partial charge is 0.288 e. The summed E-state index contributed by atoms with van der Waals surface area (Å²) in [6.07, 6.45) is 1.26. The molecule has 37 heavy (non-hydrogen) atoms. The van der Waals surface area contributed by atoms with Gasteiger partial charge in [0.1, 0.15) is 5.75 Å². The number of methoxy groups -OCH3 is 1. The number of halogens is 1. The molecule has 0 aliphatic carbocycles. The molecular weight excluding hydrogens is 522 g/mol. The molecule has 3 aromatic rings. The Hall–Kier alpha value is -3.83. The normalized spacial score (nSPS) is 14.6. The van der Waals surface area contributed by atoms with Crippen LogP contribution in [-0.2, 0) is 14.6 Å². The Balaban J connectivity index is 1.52. The van der Waals surface area contributed by atoms with E-state index in [2.05, 4.69) is 5.32 Å². The number of rotatable bonds is 7. The van der Waals surface area contributed by atoms with Gasteiger partial charge in [-0.05, 0) is 54.6 Å². The first kappa shape index (κ1) is 26.2. The molecule has 0 bridgehead atoms. The third-order valence-electron chi connectivity index (χ3n) is 5.88. The van der Waals surface area contributed by atoms with Gasteiger partial charge in [-0.3, -0.25) is 14.4 Å². The molecule has 1 aliphatic heterocycles. The minimum Gasteiger partial charge on any atom is -0.497 e. The molecule has 1 aromatic heterocycles. The Morgan fingerprint density at radius 1 is 0.973 bits per heavy atom. The molecule has 0 unspecified atom stereocenters. The number of benzene rings is 2. The summed E-state index contributed by atoms with van der Waals surface area (Å²) in [5, 5.41) is 0.711. The molecule has 1 saturated heterocycles. The number of hydrogen-bond acceptors (Lipinski definition) is 7. The molecular formula is C25H24ClN3O7S. The molecule has 12 heteroatoms. The van der Waals surface area contributed by atoms with E-state index in [1.54, 1.807) is 29.2 Å². The van der Waals surface area contributed by atoms with Crippen molar-refractivity contribution in [3.8, 4) is 5.75 Å². The summed E-state index contributed by atoms with van der Waals surface area (Å²) in [6, 6.07) is 14.8.